The maximum absolute atomic E-state index is 14.4. The minimum Gasteiger partial charge on any atom is -0.459 e. The normalized spacial score (nSPS) is 12.4. The molecule has 0 fully saturated rings. The van der Waals surface area contributed by atoms with Crippen molar-refractivity contribution in [2.24, 2.45) is 0 Å². The molecule has 2 rings (SSSR count). The molecule has 8 heteroatoms. The van der Waals surface area contributed by atoms with Gasteiger partial charge in [-0.05, 0) is 51.5 Å². The van der Waals surface area contributed by atoms with Crippen LogP contribution in [0.25, 0.3) is 0 Å². The maximum atomic E-state index is 14.4. The van der Waals surface area contributed by atoms with Crippen LogP contribution < -0.4 is 5.32 Å². The van der Waals surface area contributed by atoms with E-state index in [9.17, 15) is 22.8 Å². The summed E-state index contributed by atoms with van der Waals surface area (Å²) >= 11 is 0.909. The Morgan fingerprint density at radius 1 is 1.10 bits per heavy atom. The third-order valence-corrected chi connectivity index (χ3v) is 5.13. The lowest BCUT2D eigenvalue weighted by atomic mass is 10.2. The number of hydrogen-bond donors (Lipinski definition) is 1. The molecule has 0 aliphatic carbocycles. The van der Waals surface area contributed by atoms with Crippen LogP contribution in [-0.4, -0.2) is 22.7 Å². The predicted octanol–water partition coefficient (Wildman–Crippen LogP) is 5.96. The molecule has 0 spiro atoms. The van der Waals surface area contributed by atoms with Crippen molar-refractivity contribution >= 4 is 29.3 Å². The van der Waals surface area contributed by atoms with Gasteiger partial charge in [-0.2, -0.15) is 0 Å². The summed E-state index contributed by atoms with van der Waals surface area (Å²) in [5, 5.41) is 1.62. The van der Waals surface area contributed by atoms with Gasteiger partial charge in [-0.1, -0.05) is 19.4 Å². The molecule has 2 aromatic rings. The Morgan fingerprint density at radius 3 is 2.40 bits per heavy atom. The second-order valence-electron chi connectivity index (χ2n) is 7.66. The Balaban J connectivity index is 2.26. The van der Waals surface area contributed by atoms with Gasteiger partial charge >= 0.3 is 5.97 Å². The maximum Gasteiger partial charge on any atom is 0.319 e. The zero-order valence-corrected chi connectivity index (χ0v) is 18.0. The summed E-state index contributed by atoms with van der Waals surface area (Å²) < 4.78 is 47.3. The molecule has 162 valence electrons. The second-order valence-corrected chi connectivity index (χ2v) is 8.90. The van der Waals surface area contributed by atoms with Crippen LogP contribution in [0.2, 0.25) is 0 Å². The van der Waals surface area contributed by atoms with E-state index in [0.717, 1.165) is 23.9 Å². The number of nitrogens with one attached hydrogen (secondary N) is 1. The molecule has 0 aliphatic rings. The number of carbonyl (C=O) groups excluding carboxylic acids is 2. The molecule has 0 bridgehead atoms. The highest BCUT2D eigenvalue weighted by atomic mass is 32.2. The van der Waals surface area contributed by atoms with E-state index in [-0.39, 0.29) is 16.1 Å². The molecule has 1 N–H and O–H groups in total. The molecular weight excluding hydrogens is 415 g/mol. The van der Waals surface area contributed by atoms with E-state index in [2.05, 4.69) is 5.32 Å². The summed E-state index contributed by atoms with van der Waals surface area (Å²) in [4.78, 5) is 24.7. The first kappa shape index (κ1) is 23.8. The fourth-order valence-corrected chi connectivity index (χ4v) is 3.71. The average molecular weight is 439 g/mol. The Hall–Kier alpha value is -2.48. The van der Waals surface area contributed by atoms with Crippen LogP contribution in [0.3, 0.4) is 0 Å². The zero-order valence-electron chi connectivity index (χ0n) is 17.2. The van der Waals surface area contributed by atoms with Crippen molar-refractivity contribution in [1.29, 1.82) is 0 Å². The van der Waals surface area contributed by atoms with E-state index >= 15 is 0 Å². The van der Waals surface area contributed by atoms with Crippen molar-refractivity contribution in [3.8, 4) is 0 Å². The van der Waals surface area contributed by atoms with Gasteiger partial charge in [-0.25, -0.2) is 13.2 Å². The molecule has 0 heterocycles. The van der Waals surface area contributed by atoms with Gasteiger partial charge in [0.05, 0.1) is 5.69 Å². The number of amides is 1. The van der Waals surface area contributed by atoms with Crippen molar-refractivity contribution in [1.82, 2.24) is 0 Å². The van der Waals surface area contributed by atoms with Crippen molar-refractivity contribution in [3.05, 3.63) is 59.4 Å². The SMILES string of the molecule is CCCC(Sc1cc(NC(=O)c2cccc(F)c2)c(F)cc1F)C(=O)OC(C)(C)C. The number of anilines is 1. The fourth-order valence-electron chi connectivity index (χ4n) is 2.55. The smallest absolute Gasteiger partial charge is 0.319 e. The first-order valence-electron chi connectivity index (χ1n) is 9.45. The molecule has 30 heavy (non-hydrogen) atoms. The Kier molecular flexibility index (Phi) is 7.95. The predicted molar refractivity (Wildman–Crippen MR) is 111 cm³/mol. The van der Waals surface area contributed by atoms with Gasteiger partial charge in [0.15, 0.2) is 0 Å². The number of thioether (sulfide) groups is 1. The number of hydrogen-bond acceptors (Lipinski definition) is 4. The van der Waals surface area contributed by atoms with E-state index in [1.54, 1.807) is 20.8 Å². The number of benzene rings is 2. The summed E-state index contributed by atoms with van der Waals surface area (Å²) in [6.07, 6.45) is 1.09. The van der Waals surface area contributed by atoms with Crippen LogP contribution in [0, 0.1) is 17.5 Å². The Morgan fingerprint density at radius 2 is 1.80 bits per heavy atom. The molecule has 1 unspecified atom stereocenters. The summed E-state index contributed by atoms with van der Waals surface area (Å²) in [6.45, 7) is 7.08. The van der Waals surface area contributed by atoms with Crippen molar-refractivity contribution in [2.75, 3.05) is 5.32 Å². The van der Waals surface area contributed by atoms with Crippen molar-refractivity contribution in [3.63, 3.8) is 0 Å². The van der Waals surface area contributed by atoms with E-state index in [0.29, 0.717) is 18.9 Å². The van der Waals surface area contributed by atoms with Crippen LogP contribution in [0.4, 0.5) is 18.9 Å². The zero-order chi connectivity index (χ0) is 22.5. The Bertz CT molecular complexity index is 928. The van der Waals surface area contributed by atoms with Crippen LogP contribution in [0.5, 0.6) is 0 Å². The molecule has 1 atom stereocenters. The number of esters is 1. The average Bonchev–Trinajstić information content (AvgIpc) is 2.63. The first-order valence-corrected chi connectivity index (χ1v) is 10.3. The summed E-state index contributed by atoms with van der Waals surface area (Å²) in [6, 6.07) is 6.67. The largest absolute Gasteiger partial charge is 0.459 e. The van der Waals surface area contributed by atoms with E-state index in [1.807, 2.05) is 6.92 Å². The van der Waals surface area contributed by atoms with Crippen LogP contribution >= 0.6 is 11.8 Å². The number of halogens is 3. The van der Waals surface area contributed by atoms with E-state index in [4.69, 9.17) is 4.74 Å². The minimum absolute atomic E-state index is 0.00440. The van der Waals surface area contributed by atoms with Gasteiger partial charge < -0.3 is 10.1 Å². The van der Waals surface area contributed by atoms with E-state index < -0.39 is 40.2 Å². The van der Waals surface area contributed by atoms with E-state index in [1.165, 1.54) is 18.2 Å². The lowest BCUT2D eigenvalue weighted by molar-refractivity contribution is -0.154. The van der Waals surface area contributed by atoms with Crippen molar-refractivity contribution < 1.29 is 27.5 Å². The van der Waals surface area contributed by atoms with Gasteiger partial charge in [-0.15, -0.1) is 11.8 Å². The molecule has 2 aromatic carbocycles. The van der Waals surface area contributed by atoms with Crippen molar-refractivity contribution in [2.45, 2.75) is 56.3 Å². The van der Waals surface area contributed by atoms with Gasteiger partial charge in [0.2, 0.25) is 0 Å². The van der Waals surface area contributed by atoms with Gasteiger partial charge in [0.25, 0.3) is 5.91 Å². The number of rotatable bonds is 7. The molecule has 0 aliphatic heterocycles. The second kappa shape index (κ2) is 10.0. The highest BCUT2D eigenvalue weighted by Gasteiger charge is 2.27. The van der Waals surface area contributed by atoms with Crippen LogP contribution in [0.15, 0.2) is 41.3 Å². The third kappa shape index (κ3) is 6.79. The molecular formula is C22H24F3NO3S. The standard InChI is InChI=1S/C22H24F3NO3S/c1-5-7-18(21(28)29-22(2,3)4)30-19-12-17(15(24)11-16(19)25)26-20(27)13-8-6-9-14(23)10-13/h6,8-12,18H,5,7H2,1-4H3,(H,26,27). The van der Waals surface area contributed by atoms with Gasteiger partial charge in [0.1, 0.15) is 28.3 Å². The summed E-state index contributed by atoms with van der Waals surface area (Å²) in [5.41, 5.74) is -0.979. The molecule has 0 radical (unpaired) electrons. The summed E-state index contributed by atoms with van der Waals surface area (Å²) in [7, 11) is 0. The van der Waals surface area contributed by atoms with Gasteiger partial charge in [0, 0.05) is 16.5 Å². The van der Waals surface area contributed by atoms with Crippen LogP contribution in [-0.2, 0) is 9.53 Å². The molecule has 0 saturated heterocycles. The molecule has 0 saturated carbocycles. The summed E-state index contributed by atoms with van der Waals surface area (Å²) in [5.74, 6) is -3.69. The fraction of sp³-hybridized carbons (Fsp3) is 0.364. The first-order chi connectivity index (χ1) is 14.0. The molecule has 1 amide bonds. The molecule has 0 aromatic heterocycles. The molecule has 4 nitrogen and oxygen atoms in total. The monoisotopic (exact) mass is 439 g/mol. The highest BCUT2D eigenvalue weighted by molar-refractivity contribution is 8.00. The topological polar surface area (TPSA) is 55.4 Å². The Labute approximate surface area is 178 Å². The minimum atomic E-state index is -0.981. The number of carbonyl (C=O) groups is 2. The lowest BCUT2D eigenvalue weighted by Crippen LogP contribution is -2.30. The number of ether oxygens (including phenoxy) is 1. The quantitative estimate of drug-likeness (QED) is 0.427. The lowest BCUT2D eigenvalue weighted by Gasteiger charge is -2.23. The highest BCUT2D eigenvalue weighted by Crippen LogP contribution is 2.33. The third-order valence-electron chi connectivity index (χ3n) is 3.85. The van der Waals surface area contributed by atoms with Crippen LogP contribution in [0.1, 0.15) is 50.9 Å². The van der Waals surface area contributed by atoms with Gasteiger partial charge in [-0.3, -0.25) is 9.59 Å².